The van der Waals surface area contributed by atoms with E-state index >= 15 is 0 Å². The van der Waals surface area contributed by atoms with Crippen molar-refractivity contribution in [1.82, 2.24) is 0 Å². The van der Waals surface area contributed by atoms with E-state index in [0.717, 1.165) is 0 Å². The minimum atomic E-state index is -1.22. The summed E-state index contributed by atoms with van der Waals surface area (Å²) in [7, 11) is 0. The second-order valence-electron chi connectivity index (χ2n) is 2.84. The normalized spacial score (nSPS) is 13.0. The largest absolute Gasteiger partial charge is 0.461 e. The lowest BCUT2D eigenvalue weighted by molar-refractivity contribution is -0.154. The van der Waals surface area contributed by atoms with E-state index in [-0.39, 0.29) is 19.3 Å². The van der Waals surface area contributed by atoms with E-state index in [1.54, 1.807) is 0 Å². The number of rotatable bonds is 6. The van der Waals surface area contributed by atoms with Gasteiger partial charge in [-0.05, 0) is 13.8 Å². The third-order valence-corrected chi connectivity index (χ3v) is 1.27. The summed E-state index contributed by atoms with van der Waals surface area (Å²) >= 11 is 0. The minimum absolute atomic E-state index is 0.109. The molecule has 3 N–H and O–H groups in total. The molecule has 0 rings (SSSR count). The molecule has 1 atom stereocenters. The highest BCUT2D eigenvalue weighted by Crippen LogP contribution is 1.90. The smallest absolute Gasteiger partial charge is 0.336 e. The molecule has 0 radical (unpaired) electrons. The molecule has 0 saturated heterocycles. The van der Waals surface area contributed by atoms with Crippen LogP contribution < -0.4 is 5.73 Å². The first-order valence-corrected chi connectivity index (χ1v) is 4.24. The second-order valence-corrected chi connectivity index (χ2v) is 2.84. The fourth-order valence-corrected chi connectivity index (χ4v) is 0.618. The molecular formula is C8H17NO4. The molecule has 5 heteroatoms. The van der Waals surface area contributed by atoms with E-state index in [4.69, 9.17) is 15.6 Å². The molecule has 0 heterocycles. The Morgan fingerprint density at radius 1 is 1.46 bits per heavy atom. The molecule has 0 bridgehead atoms. The van der Waals surface area contributed by atoms with Gasteiger partial charge in [0.15, 0.2) is 6.10 Å². The van der Waals surface area contributed by atoms with Crippen molar-refractivity contribution in [2.75, 3.05) is 19.8 Å². The zero-order valence-electron chi connectivity index (χ0n) is 8.03. The molecule has 0 aromatic rings. The van der Waals surface area contributed by atoms with Crippen LogP contribution >= 0.6 is 0 Å². The molecule has 0 aromatic carbocycles. The number of hydrogen-bond acceptors (Lipinski definition) is 5. The number of esters is 1. The number of aliphatic hydroxyl groups is 1. The molecule has 0 saturated carbocycles. The lowest BCUT2D eigenvalue weighted by atomic mass is 10.4. The molecule has 0 fully saturated rings. The highest BCUT2D eigenvalue weighted by atomic mass is 16.6. The van der Waals surface area contributed by atoms with Gasteiger partial charge >= 0.3 is 5.97 Å². The molecule has 78 valence electrons. The number of carbonyl (C=O) groups is 1. The summed E-state index contributed by atoms with van der Waals surface area (Å²) in [4.78, 5) is 10.8. The van der Waals surface area contributed by atoms with Crippen molar-refractivity contribution < 1.29 is 19.4 Å². The van der Waals surface area contributed by atoms with Crippen LogP contribution in [0.1, 0.15) is 13.8 Å². The maximum Gasteiger partial charge on any atom is 0.336 e. The van der Waals surface area contributed by atoms with Crippen LogP contribution in [0.5, 0.6) is 0 Å². The van der Waals surface area contributed by atoms with Gasteiger partial charge in [0.05, 0.1) is 12.7 Å². The van der Waals surface area contributed by atoms with Gasteiger partial charge in [-0.3, -0.25) is 0 Å². The highest BCUT2D eigenvalue weighted by molar-refractivity contribution is 5.74. The van der Waals surface area contributed by atoms with Crippen LogP contribution in [0.4, 0.5) is 0 Å². The first kappa shape index (κ1) is 12.3. The van der Waals surface area contributed by atoms with Crippen LogP contribution in [0.3, 0.4) is 0 Å². The van der Waals surface area contributed by atoms with Crippen LogP contribution in [0.25, 0.3) is 0 Å². The Bertz CT molecular complexity index is 149. The quantitative estimate of drug-likeness (QED) is 0.427. The average molecular weight is 191 g/mol. The molecule has 0 aliphatic heterocycles. The van der Waals surface area contributed by atoms with Crippen LogP contribution in [-0.4, -0.2) is 43.0 Å². The van der Waals surface area contributed by atoms with E-state index in [2.05, 4.69) is 4.74 Å². The zero-order valence-corrected chi connectivity index (χ0v) is 8.03. The number of ether oxygens (including phenoxy) is 2. The van der Waals surface area contributed by atoms with Crippen molar-refractivity contribution in [3.63, 3.8) is 0 Å². The Kier molecular flexibility index (Phi) is 6.48. The maximum atomic E-state index is 10.8. The van der Waals surface area contributed by atoms with E-state index in [9.17, 15) is 4.79 Å². The molecule has 0 unspecified atom stereocenters. The van der Waals surface area contributed by atoms with Gasteiger partial charge in [-0.1, -0.05) is 0 Å². The van der Waals surface area contributed by atoms with Gasteiger partial charge in [-0.15, -0.1) is 0 Å². The molecule has 13 heavy (non-hydrogen) atoms. The van der Waals surface area contributed by atoms with Crippen LogP contribution in [-0.2, 0) is 14.3 Å². The van der Waals surface area contributed by atoms with Gasteiger partial charge in [-0.2, -0.15) is 0 Å². The van der Waals surface area contributed by atoms with Gasteiger partial charge < -0.3 is 20.3 Å². The summed E-state index contributed by atoms with van der Waals surface area (Å²) in [5.74, 6) is -0.699. The van der Waals surface area contributed by atoms with E-state index in [0.29, 0.717) is 6.61 Å². The minimum Gasteiger partial charge on any atom is -0.461 e. The number of carbonyl (C=O) groups excluding carboxylic acids is 1. The van der Waals surface area contributed by atoms with Crippen molar-refractivity contribution >= 4 is 5.97 Å². The lowest BCUT2D eigenvalue weighted by Crippen LogP contribution is -2.31. The van der Waals surface area contributed by atoms with Gasteiger partial charge in [-0.25, -0.2) is 4.79 Å². The number of hydrogen-bond donors (Lipinski definition) is 2. The molecule has 5 nitrogen and oxygen atoms in total. The monoisotopic (exact) mass is 191 g/mol. The molecule has 0 aliphatic rings. The Balaban J connectivity index is 3.37. The molecule has 0 aliphatic carbocycles. The van der Waals surface area contributed by atoms with Gasteiger partial charge in [0.1, 0.15) is 6.61 Å². The third kappa shape index (κ3) is 6.51. The van der Waals surface area contributed by atoms with Gasteiger partial charge in [0.25, 0.3) is 0 Å². The Labute approximate surface area is 77.8 Å². The fraction of sp³-hybridized carbons (Fsp3) is 0.875. The van der Waals surface area contributed by atoms with E-state index < -0.39 is 12.1 Å². The topological polar surface area (TPSA) is 81.8 Å². The van der Waals surface area contributed by atoms with Gasteiger partial charge in [0, 0.05) is 6.54 Å². The predicted octanol–water partition coefficient (Wildman–Crippen LogP) is -0.726. The summed E-state index contributed by atoms with van der Waals surface area (Å²) in [5, 5.41) is 8.89. The standard InChI is InChI=1S/C8H17NO4/c1-6(2)12-3-4-13-8(11)7(10)5-9/h6-7,10H,3-5,9H2,1-2H3/t7-/m0/s1. The van der Waals surface area contributed by atoms with Crippen LogP contribution in [0, 0.1) is 0 Å². The zero-order chi connectivity index (χ0) is 10.3. The third-order valence-electron chi connectivity index (χ3n) is 1.27. The maximum absolute atomic E-state index is 10.8. The summed E-state index contributed by atoms with van der Waals surface area (Å²) in [5.41, 5.74) is 5.04. The highest BCUT2D eigenvalue weighted by Gasteiger charge is 2.13. The molecule has 0 aromatic heterocycles. The average Bonchev–Trinajstić information content (AvgIpc) is 2.10. The Morgan fingerprint density at radius 2 is 2.08 bits per heavy atom. The van der Waals surface area contributed by atoms with E-state index in [1.165, 1.54) is 0 Å². The molecule has 0 amide bonds. The van der Waals surface area contributed by atoms with Gasteiger partial charge in [0.2, 0.25) is 0 Å². The summed E-state index contributed by atoms with van der Waals surface area (Å²) in [6.45, 7) is 4.13. The van der Waals surface area contributed by atoms with E-state index in [1.807, 2.05) is 13.8 Å². The van der Waals surface area contributed by atoms with Crippen molar-refractivity contribution in [2.45, 2.75) is 26.1 Å². The Morgan fingerprint density at radius 3 is 2.54 bits per heavy atom. The lowest BCUT2D eigenvalue weighted by Gasteiger charge is -2.10. The Hall–Kier alpha value is -0.650. The SMILES string of the molecule is CC(C)OCCOC(=O)[C@@H](O)CN. The second kappa shape index (κ2) is 6.82. The fourth-order valence-electron chi connectivity index (χ4n) is 0.618. The summed E-state index contributed by atoms with van der Waals surface area (Å²) in [6.07, 6.45) is -1.11. The van der Waals surface area contributed by atoms with Crippen LogP contribution in [0.2, 0.25) is 0 Å². The first-order chi connectivity index (χ1) is 6.07. The van der Waals surface area contributed by atoms with Crippen molar-refractivity contribution in [1.29, 1.82) is 0 Å². The van der Waals surface area contributed by atoms with Crippen LogP contribution in [0.15, 0.2) is 0 Å². The van der Waals surface area contributed by atoms with Crippen molar-refractivity contribution in [3.8, 4) is 0 Å². The number of nitrogens with two attached hydrogens (primary N) is 1. The molecular weight excluding hydrogens is 174 g/mol. The predicted molar refractivity (Wildman–Crippen MR) is 47.1 cm³/mol. The van der Waals surface area contributed by atoms with Crippen molar-refractivity contribution in [3.05, 3.63) is 0 Å². The first-order valence-electron chi connectivity index (χ1n) is 4.24. The summed E-state index contributed by atoms with van der Waals surface area (Å²) in [6, 6.07) is 0. The summed E-state index contributed by atoms with van der Waals surface area (Å²) < 4.78 is 9.77. The van der Waals surface area contributed by atoms with Crippen molar-refractivity contribution in [2.24, 2.45) is 5.73 Å². The molecule has 0 spiro atoms. The number of aliphatic hydroxyl groups excluding tert-OH is 1.